The average molecular weight is 176 g/mol. The molecule has 0 aromatic rings. The number of carbonyl (C=O) groups is 1. The van der Waals surface area contributed by atoms with Gasteiger partial charge in [0.25, 0.3) is 0 Å². The number of aliphatic carboxylic acids is 1. The minimum atomic E-state index is -0.993. The van der Waals surface area contributed by atoms with E-state index in [1.165, 1.54) is 6.08 Å². The summed E-state index contributed by atoms with van der Waals surface area (Å²) in [7, 11) is 0. The fraction of sp³-hybridized carbons (Fsp3) is 0.571. The van der Waals surface area contributed by atoms with Crippen molar-refractivity contribution in [2.45, 2.75) is 18.9 Å². The van der Waals surface area contributed by atoms with Gasteiger partial charge in [0.05, 0.1) is 12.5 Å². The van der Waals surface area contributed by atoms with Crippen LogP contribution >= 0.6 is 12.6 Å². The van der Waals surface area contributed by atoms with Crippen molar-refractivity contribution < 1.29 is 15.0 Å². The second kappa shape index (κ2) is 6.24. The normalized spacial score (nSPS) is 13.6. The molecule has 0 fully saturated rings. The van der Waals surface area contributed by atoms with E-state index in [2.05, 4.69) is 12.6 Å². The molecule has 1 atom stereocenters. The van der Waals surface area contributed by atoms with E-state index in [-0.39, 0.29) is 6.42 Å². The molecule has 11 heavy (non-hydrogen) atoms. The van der Waals surface area contributed by atoms with Gasteiger partial charge in [-0.25, -0.2) is 0 Å². The maximum atomic E-state index is 10.0. The highest BCUT2D eigenvalue weighted by Crippen LogP contribution is 1.95. The maximum absolute atomic E-state index is 10.0. The van der Waals surface area contributed by atoms with Gasteiger partial charge in [-0.2, -0.15) is 12.6 Å². The molecule has 0 aliphatic carbocycles. The summed E-state index contributed by atoms with van der Waals surface area (Å²) in [6.45, 7) is 0. The van der Waals surface area contributed by atoms with E-state index in [0.717, 1.165) is 6.42 Å². The Hall–Kier alpha value is -0.480. The zero-order chi connectivity index (χ0) is 8.69. The van der Waals surface area contributed by atoms with E-state index >= 15 is 0 Å². The molecule has 0 spiro atoms. The lowest BCUT2D eigenvalue weighted by Gasteiger charge is -1.98. The van der Waals surface area contributed by atoms with Crippen LogP contribution in [0.2, 0.25) is 0 Å². The number of rotatable bonds is 5. The van der Waals surface area contributed by atoms with E-state index in [1.807, 2.05) is 0 Å². The fourth-order valence-electron chi connectivity index (χ4n) is 0.575. The van der Waals surface area contributed by atoms with Crippen LogP contribution in [0.5, 0.6) is 0 Å². The first-order valence-corrected chi connectivity index (χ1v) is 3.97. The largest absolute Gasteiger partial charge is 0.481 e. The monoisotopic (exact) mass is 176 g/mol. The molecule has 0 rings (SSSR count). The molecule has 0 radical (unpaired) electrons. The molecule has 0 saturated carbocycles. The van der Waals surface area contributed by atoms with Crippen LogP contribution in [0.3, 0.4) is 0 Å². The van der Waals surface area contributed by atoms with Gasteiger partial charge in [0.2, 0.25) is 0 Å². The van der Waals surface area contributed by atoms with Gasteiger partial charge >= 0.3 is 5.97 Å². The summed E-state index contributed by atoms with van der Waals surface area (Å²) in [5.74, 6) is -0.288. The molecule has 0 aliphatic rings. The summed E-state index contributed by atoms with van der Waals surface area (Å²) in [5, 5.41) is 17.2. The smallest absolute Gasteiger partial charge is 0.306 e. The Morgan fingerprint density at radius 2 is 2.27 bits per heavy atom. The Bertz CT molecular complexity index is 145. The van der Waals surface area contributed by atoms with Crippen LogP contribution in [0.1, 0.15) is 12.8 Å². The summed E-state index contributed by atoms with van der Waals surface area (Å²) >= 11 is 3.94. The second-order valence-corrected chi connectivity index (χ2v) is 2.55. The van der Waals surface area contributed by atoms with Gasteiger partial charge in [-0.15, -0.1) is 0 Å². The summed E-state index contributed by atoms with van der Waals surface area (Å²) in [6.07, 6.45) is 2.85. The van der Waals surface area contributed by atoms with Gasteiger partial charge in [-0.1, -0.05) is 12.2 Å². The number of allylic oxidation sites excluding steroid dienone is 1. The van der Waals surface area contributed by atoms with Gasteiger partial charge in [-0.3, -0.25) is 4.79 Å². The highest BCUT2D eigenvalue weighted by molar-refractivity contribution is 7.80. The molecule has 0 heterocycles. The standard InChI is InChI=1S/C7H12O3S/c8-6(5-7(9)10)3-1-2-4-11/h1,3,6,8,11H,2,4-5H2,(H,9,10). The summed E-state index contributed by atoms with van der Waals surface area (Å²) < 4.78 is 0. The molecule has 0 saturated heterocycles. The third kappa shape index (κ3) is 7.42. The van der Waals surface area contributed by atoms with Crippen LogP contribution in [0.15, 0.2) is 12.2 Å². The van der Waals surface area contributed by atoms with Gasteiger partial charge in [0.15, 0.2) is 0 Å². The zero-order valence-electron chi connectivity index (χ0n) is 6.10. The van der Waals surface area contributed by atoms with Gasteiger partial charge in [-0.05, 0) is 12.2 Å². The minimum absolute atomic E-state index is 0.233. The van der Waals surface area contributed by atoms with E-state index in [1.54, 1.807) is 6.08 Å². The fourth-order valence-corrected chi connectivity index (χ4v) is 0.724. The van der Waals surface area contributed by atoms with Crippen LogP contribution in [-0.4, -0.2) is 28.0 Å². The predicted octanol–water partition coefficient (Wildman–Crippen LogP) is 0.698. The van der Waals surface area contributed by atoms with Crippen LogP contribution in [0.4, 0.5) is 0 Å². The first-order chi connectivity index (χ1) is 5.16. The third-order valence-electron chi connectivity index (χ3n) is 1.04. The Morgan fingerprint density at radius 1 is 1.64 bits per heavy atom. The molecule has 0 amide bonds. The van der Waals surface area contributed by atoms with E-state index in [9.17, 15) is 4.79 Å². The summed E-state index contributed by atoms with van der Waals surface area (Å²) in [5.41, 5.74) is 0. The number of hydrogen-bond acceptors (Lipinski definition) is 3. The third-order valence-corrected chi connectivity index (χ3v) is 1.30. The molecular formula is C7H12O3S. The van der Waals surface area contributed by atoms with Crippen molar-refractivity contribution >= 4 is 18.6 Å². The zero-order valence-corrected chi connectivity index (χ0v) is 7.00. The Labute approximate surface area is 71.1 Å². The van der Waals surface area contributed by atoms with Gasteiger partial charge in [0, 0.05) is 0 Å². The quantitative estimate of drug-likeness (QED) is 0.427. The van der Waals surface area contributed by atoms with E-state index in [0.29, 0.717) is 5.75 Å². The molecule has 3 nitrogen and oxygen atoms in total. The summed E-state index contributed by atoms with van der Waals surface area (Å²) in [4.78, 5) is 10.0. The maximum Gasteiger partial charge on any atom is 0.306 e. The molecule has 2 N–H and O–H groups in total. The molecule has 0 bridgehead atoms. The Morgan fingerprint density at radius 3 is 2.73 bits per heavy atom. The molecule has 64 valence electrons. The predicted molar refractivity (Wildman–Crippen MR) is 45.9 cm³/mol. The number of thiol groups is 1. The van der Waals surface area contributed by atoms with Crippen molar-refractivity contribution in [2.24, 2.45) is 0 Å². The Kier molecular flexibility index (Phi) is 5.97. The van der Waals surface area contributed by atoms with E-state index in [4.69, 9.17) is 10.2 Å². The van der Waals surface area contributed by atoms with Crippen molar-refractivity contribution in [1.29, 1.82) is 0 Å². The topological polar surface area (TPSA) is 57.5 Å². The lowest BCUT2D eigenvalue weighted by atomic mass is 10.2. The van der Waals surface area contributed by atoms with Crippen molar-refractivity contribution in [2.75, 3.05) is 5.75 Å². The molecule has 0 aromatic carbocycles. The number of hydrogen-bond donors (Lipinski definition) is 3. The highest BCUT2D eigenvalue weighted by Gasteiger charge is 2.03. The minimum Gasteiger partial charge on any atom is -0.481 e. The lowest BCUT2D eigenvalue weighted by Crippen LogP contribution is -2.09. The highest BCUT2D eigenvalue weighted by atomic mass is 32.1. The summed E-state index contributed by atoms with van der Waals surface area (Å²) in [6, 6.07) is 0. The first-order valence-electron chi connectivity index (χ1n) is 3.34. The number of aliphatic hydroxyl groups excluding tert-OH is 1. The lowest BCUT2D eigenvalue weighted by molar-refractivity contribution is -0.138. The van der Waals surface area contributed by atoms with Crippen molar-refractivity contribution in [3.63, 3.8) is 0 Å². The van der Waals surface area contributed by atoms with Crippen molar-refractivity contribution in [3.05, 3.63) is 12.2 Å². The Balaban J connectivity index is 3.50. The SMILES string of the molecule is O=C(O)CC(O)C=CCCS. The van der Waals surface area contributed by atoms with E-state index < -0.39 is 12.1 Å². The average Bonchev–Trinajstić information content (AvgIpc) is 1.86. The van der Waals surface area contributed by atoms with Crippen LogP contribution in [0.25, 0.3) is 0 Å². The molecular weight excluding hydrogens is 164 g/mol. The molecule has 4 heteroatoms. The molecule has 0 aromatic heterocycles. The van der Waals surface area contributed by atoms with Crippen molar-refractivity contribution in [1.82, 2.24) is 0 Å². The van der Waals surface area contributed by atoms with Gasteiger partial charge < -0.3 is 10.2 Å². The van der Waals surface area contributed by atoms with Crippen LogP contribution in [-0.2, 0) is 4.79 Å². The van der Waals surface area contributed by atoms with Gasteiger partial charge in [0.1, 0.15) is 0 Å². The molecule has 1 unspecified atom stereocenters. The molecule has 0 aliphatic heterocycles. The number of aliphatic hydroxyl groups is 1. The van der Waals surface area contributed by atoms with Crippen molar-refractivity contribution in [3.8, 4) is 0 Å². The number of carboxylic acids is 1. The second-order valence-electron chi connectivity index (χ2n) is 2.11. The number of carboxylic acid groups (broad SMARTS) is 1. The van der Waals surface area contributed by atoms with Crippen LogP contribution < -0.4 is 0 Å². The van der Waals surface area contributed by atoms with Crippen LogP contribution in [0, 0.1) is 0 Å². The first kappa shape index (κ1) is 10.5.